The topological polar surface area (TPSA) is 43.8 Å². The number of nitrogens with two attached hydrogens (primary N) is 1. The summed E-state index contributed by atoms with van der Waals surface area (Å²) < 4.78 is 1.82. The molecule has 0 radical (unpaired) electrons. The minimum atomic E-state index is 0.204. The Bertz CT molecular complexity index is 288. The second-order valence-corrected chi connectivity index (χ2v) is 4.68. The van der Waals surface area contributed by atoms with Crippen LogP contribution in [0.25, 0.3) is 0 Å². The molecule has 1 unspecified atom stereocenters. The average Bonchev–Trinajstić information content (AvgIpc) is 2.51. The average molecular weight is 195 g/mol. The molecule has 2 N–H and O–H groups in total. The predicted octanol–water partition coefficient (Wildman–Crippen LogP) is 1.73. The van der Waals surface area contributed by atoms with E-state index in [1.165, 1.54) is 5.56 Å². The summed E-state index contributed by atoms with van der Waals surface area (Å²) in [6.45, 7) is 6.62. The normalized spacial score (nSPS) is 14.4. The van der Waals surface area contributed by atoms with E-state index >= 15 is 0 Å². The van der Waals surface area contributed by atoms with Gasteiger partial charge in [0.15, 0.2) is 0 Å². The third-order valence-electron chi connectivity index (χ3n) is 3.13. The minimum Gasteiger partial charge on any atom is -0.327 e. The molecule has 80 valence electrons. The van der Waals surface area contributed by atoms with Gasteiger partial charge in [0.1, 0.15) is 0 Å². The molecule has 1 rings (SSSR count). The van der Waals surface area contributed by atoms with Gasteiger partial charge in [0, 0.05) is 19.3 Å². The van der Waals surface area contributed by atoms with E-state index in [4.69, 9.17) is 5.73 Å². The van der Waals surface area contributed by atoms with E-state index < -0.39 is 0 Å². The van der Waals surface area contributed by atoms with E-state index in [9.17, 15) is 0 Å². The molecule has 0 aliphatic heterocycles. The summed E-state index contributed by atoms with van der Waals surface area (Å²) >= 11 is 0. The number of rotatable bonds is 4. The van der Waals surface area contributed by atoms with E-state index in [2.05, 4.69) is 25.9 Å². The molecule has 1 atom stereocenters. The van der Waals surface area contributed by atoms with Crippen LogP contribution in [-0.4, -0.2) is 15.8 Å². The second-order valence-electron chi connectivity index (χ2n) is 4.68. The summed E-state index contributed by atoms with van der Waals surface area (Å²) in [6, 6.07) is 0.205. The zero-order chi connectivity index (χ0) is 10.8. The molecule has 0 amide bonds. The maximum absolute atomic E-state index is 6.17. The Morgan fingerprint density at radius 2 is 2.21 bits per heavy atom. The monoisotopic (exact) mass is 195 g/mol. The lowest BCUT2D eigenvalue weighted by molar-refractivity contribution is 0.272. The molecule has 1 aromatic heterocycles. The fourth-order valence-corrected chi connectivity index (χ4v) is 1.37. The molecule has 0 aliphatic rings. The fraction of sp³-hybridized carbons (Fsp3) is 0.727. The first-order valence-corrected chi connectivity index (χ1v) is 5.19. The Morgan fingerprint density at radius 3 is 2.64 bits per heavy atom. The third-order valence-corrected chi connectivity index (χ3v) is 3.13. The lowest BCUT2D eigenvalue weighted by Gasteiger charge is -2.30. The van der Waals surface area contributed by atoms with Crippen molar-refractivity contribution in [1.82, 2.24) is 9.78 Å². The Kier molecular flexibility index (Phi) is 3.32. The van der Waals surface area contributed by atoms with E-state index in [1.807, 2.05) is 24.1 Å². The highest BCUT2D eigenvalue weighted by Gasteiger charge is 2.24. The van der Waals surface area contributed by atoms with Gasteiger partial charge in [-0.1, -0.05) is 20.8 Å². The van der Waals surface area contributed by atoms with Crippen molar-refractivity contribution in [1.29, 1.82) is 0 Å². The van der Waals surface area contributed by atoms with E-state index in [1.54, 1.807) is 0 Å². The van der Waals surface area contributed by atoms with Crippen molar-refractivity contribution in [3.05, 3.63) is 18.0 Å². The molecule has 0 aromatic carbocycles. The Labute approximate surface area is 86.3 Å². The van der Waals surface area contributed by atoms with Gasteiger partial charge in [0.25, 0.3) is 0 Å². The van der Waals surface area contributed by atoms with Crippen LogP contribution in [0, 0.1) is 5.41 Å². The van der Waals surface area contributed by atoms with Crippen molar-refractivity contribution >= 4 is 0 Å². The standard InChI is InChI=1S/C11H21N3/c1-5-11(2,3)10(12)6-9-7-13-14(4)8-9/h7-8,10H,5-6,12H2,1-4H3. The van der Waals surface area contributed by atoms with Crippen molar-refractivity contribution in [2.24, 2.45) is 18.2 Å². The quantitative estimate of drug-likeness (QED) is 0.795. The molecule has 0 fully saturated rings. The third kappa shape index (κ3) is 2.58. The van der Waals surface area contributed by atoms with Crippen LogP contribution in [0.4, 0.5) is 0 Å². The molecule has 14 heavy (non-hydrogen) atoms. The number of nitrogens with zero attached hydrogens (tertiary/aromatic N) is 2. The Balaban J connectivity index is 2.61. The summed E-state index contributed by atoms with van der Waals surface area (Å²) in [5.74, 6) is 0. The maximum atomic E-state index is 6.17. The van der Waals surface area contributed by atoms with E-state index in [-0.39, 0.29) is 11.5 Å². The van der Waals surface area contributed by atoms with Crippen molar-refractivity contribution in [2.45, 2.75) is 39.7 Å². The van der Waals surface area contributed by atoms with Gasteiger partial charge in [0.05, 0.1) is 6.20 Å². The Hall–Kier alpha value is -0.830. The molecule has 0 saturated heterocycles. The fourth-order valence-electron chi connectivity index (χ4n) is 1.37. The zero-order valence-corrected chi connectivity index (χ0v) is 9.62. The van der Waals surface area contributed by atoms with Crippen LogP contribution in [0.2, 0.25) is 0 Å². The lowest BCUT2D eigenvalue weighted by atomic mass is 9.80. The molecule has 1 aromatic rings. The van der Waals surface area contributed by atoms with Gasteiger partial charge in [-0.3, -0.25) is 4.68 Å². The molecular formula is C11H21N3. The number of aromatic nitrogens is 2. The van der Waals surface area contributed by atoms with Crippen LogP contribution in [0.15, 0.2) is 12.4 Å². The highest BCUT2D eigenvalue weighted by molar-refractivity contribution is 5.07. The molecule has 3 heteroatoms. The van der Waals surface area contributed by atoms with Gasteiger partial charge in [-0.2, -0.15) is 5.10 Å². The van der Waals surface area contributed by atoms with Crippen LogP contribution >= 0.6 is 0 Å². The van der Waals surface area contributed by atoms with E-state index in [0.717, 1.165) is 12.8 Å². The van der Waals surface area contributed by atoms with E-state index in [0.29, 0.717) is 0 Å². The maximum Gasteiger partial charge on any atom is 0.0522 e. The molecule has 1 heterocycles. The highest BCUT2D eigenvalue weighted by atomic mass is 15.2. The molecular weight excluding hydrogens is 174 g/mol. The largest absolute Gasteiger partial charge is 0.327 e. The Morgan fingerprint density at radius 1 is 1.57 bits per heavy atom. The number of hydrogen-bond donors (Lipinski definition) is 1. The minimum absolute atomic E-state index is 0.204. The van der Waals surface area contributed by atoms with Gasteiger partial charge >= 0.3 is 0 Å². The highest BCUT2D eigenvalue weighted by Crippen LogP contribution is 2.25. The zero-order valence-electron chi connectivity index (χ0n) is 9.62. The van der Waals surface area contributed by atoms with Crippen LogP contribution < -0.4 is 5.73 Å². The smallest absolute Gasteiger partial charge is 0.0522 e. The molecule has 0 spiro atoms. The molecule has 0 saturated carbocycles. The first-order chi connectivity index (χ1) is 6.45. The van der Waals surface area contributed by atoms with Crippen molar-refractivity contribution in [3.63, 3.8) is 0 Å². The number of hydrogen-bond acceptors (Lipinski definition) is 2. The van der Waals surface area contributed by atoms with Gasteiger partial charge < -0.3 is 5.73 Å². The second kappa shape index (κ2) is 4.13. The summed E-state index contributed by atoms with van der Waals surface area (Å²) in [5, 5.41) is 4.14. The number of aryl methyl sites for hydroxylation is 1. The van der Waals surface area contributed by atoms with Gasteiger partial charge in [-0.25, -0.2) is 0 Å². The molecule has 0 aliphatic carbocycles. The van der Waals surface area contributed by atoms with Crippen LogP contribution in [0.3, 0.4) is 0 Å². The first-order valence-electron chi connectivity index (χ1n) is 5.19. The van der Waals surface area contributed by atoms with Crippen LogP contribution in [0.1, 0.15) is 32.8 Å². The summed E-state index contributed by atoms with van der Waals surface area (Å²) in [6.07, 6.45) is 5.94. The lowest BCUT2D eigenvalue weighted by Crippen LogP contribution is -2.38. The van der Waals surface area contributed by atoms with Crippen LogP contribution in [-0.2, 0) is 13.5 Å². The summed E-state index contributed by atoms with van der Waals surface area (Å²) in [4.78, 5) is 0. The SMILES string of the molecule is CCC(C)(C)C(N)Cc1cnn(C)c1. The van der Waals surface area contributed by atoms with Crippen molar-refractivity contribution in [3.8, 4) is 0 Å². The summed E-state index contributed by atoms with van der Waals surface area (Å²) in [7, 11) is 1.93. The molecule has 0 bridgehead atoms. The van der Waals surface area contributed by atoms with Crippen molar-refractivity contribution in [2.75, 3.05) is 0 Å². The van der Waals surface area contributed by atoms with Crippen molar-refractivity contribution < 1.29 is 0 Å². The van der Waals surface area contributed by atoms with Crippen LogP contribution in [0.5, 0.6) is 0 Å². The molecule has 3 nitrogen and oxygen atoms in total. The predicted molar refractivity (Wildman–Crippen MR) is 59.0 cm³/mol. The first kappa shape index (κ1) is 11.2. The van der Waals surface area contributed by atoms with Gasteiger partial charge in [0.2, 0.25) is 0 Å². The van der Waals surface area contributed by atoms with Gasteiger partial charge in [-0.05, 0) is 23.8 Å². The summed E-state index contributed by atoms with van der Waals surface area (Å²) in [5.41, 5.74) is 7.59. The van der Waals surface area contributed by atoms with Gasteiger partial charge in [-0.15, -0.1) is 0 Å².